The van der Waals surface area contributed by atoms with Gasteiger partial charge in [-0.1, -0.05) is 5.21 Å². The van der Waals surface area contributed by atoms with Crippen LogP contribution in [-0.4, -0.2) is 38.9 Å². The molecule has 0 aromatic carbocycles. The average Bonchev–Trinajstić information content (AvgIpc) is 2.62. The first-order valence-electron chi connectivity index (χ1n) is 4.65. The van der Waals surface area contributed by atoms with Gasteiger partial charge in [0.25, 0.3) is 0 Å². The summed E-state index contributed by atoms with van der Waals surface area (Å²) < 4.78 is 40.9. The SMILES string of the molecule is CCOC(=O)C(O)c1cn(CC(F)(F)F)nn1. The predicted molar refractivity (Wildman–Crippen MR) is 47.7 cm³/mol. The van der Waals surface area contributed by atoms with Gasteiger partial charge in [0.15, 0.2) is 6.10 Å². The molecule has 0 amide bonds. The van der Waals surface area contributed by atoms with Crippen molar-refractivity contribution in [1.82, 2.24) is 15.0 Å². The Morgan fingerprint density at radius 3 is 2.82 bits per heavy atom. The van der Waals surface area contributed by atoms with Crippen LogP contribution in [-0.2, 0) is 16.1 Å². The first kappa shape index (κ1) is 13.4. The molecule has 0 aliphatic carbocycles. The first-order valence-corrected chi connectivity index (χ1v) is 4.65. The number of hydrogen-bond acceptors (Lipinski definition) is 5. The summed E-state index contributed by atoms with van der Waals surface area (Å²) >= 11 is 0. The summed E-state index contributed by atoms with van der Waals surface area (Å²) in [6.45, 7) is 0.243. The molecule has 17 heavy (non-hydrogen) atoms. The number of carbonyl (C=O) groups is 1. The van der Waals surface area contributed by atoms with Crippen molar-refractivity contribution in [1.29, 1.82) is 0 Å². The highest BCUT2D eigenvalue weighted by Crippen LogP contribution is 2.18. The van der Waals surface area contributed by atoms with Crippen LogP contribution in [0.4, 0.5) is 13.2 Å². The Hall–Kier alpha value is -1.64. The van der Waals surface area contributed by atoms with Gasteiger partial charge in [0.1, 0.15) is 12.2 Å². The zero-order chi connectivity index (χ0) is 13.1. The molecular weight excluding hydrogens is 243 g/mol. The van der Waals surface area contributed by atoms with Crippen molar-refractivity contribution in [2.24, 2.45) is 0 Å². The Kier molecular flexibility index (Phi) is 4.05. The van der Waals surface area contributed by atoms with Crippen LogP contribution in [0.3, 0.4) is 0 Å². The van der Waals surface area contributed by atoms with Crippen molar-refractivity contribution in [3.8, 4) is 0 Å². The monoisotopic (exact) mass is 253 g/mol. The van der Waals surface area contributed by atoms with E-state index in [1.54, 1.807) is 0 Å². The second kappa shape index (κ2) is 5.13. The van der Waals surface area contributed by atoms with Gasteiger partial charge in [-0.15, -0.1) is 5.10 Å². The van der Waals surface area contributed by atoms with Crippen LogP contribution >= 0.6 is 0 Å². The van der Waals surface area contributed by atoms with Gasteiger partial charge in [0.2, 0.25) is 0 Å². The first-order chi connectivity index (χ1) is 7.83. The molecule has 0 radical (unpaired) electrons. The Morgan fingerprint density at radius 1 is 1.65 bits per heavy atom. The minimum Gasteiger partial charge on any atom is -0.464 e. The fourth-order valence-electron chi connectivity index (χ4n) is 1.04. The molecular formula is C8H10F3N3O3. The van der Waals surface area contributed by atoms with Crippen LogP contribution in [0.25, 0.3) is 0 Å². The zero-order valence-corrected chi connectivity index (χ0v) is 8.81. The van der Waals surface area contributed by atoms with Gasteiger partial charge < -0.3 is 9.84 Å². The molecule has 0 saturated carbocycles. The van der Waals surface area contributed by atoms with Crippen LogP contribution in [0.15, 0.2) is 6.20 Å². The van der Waals surface area contributed by atoms with Gasteiger partial charge in [-0.2, -0.15) is 13.2 Å². The quantitative estimate of drug-likeness (QED) is 0.788. The maximum Gasteiger partial charge on any atom is 0.408 e. The van der Waals surface area contributed by atoms with Crippen molar-refractivity contribution in [3.05, 3.63) is 11.9 Å². The summed E-state index contributed by atoms with van der Waals surface area (Å²) in [6.07, 6.45) is -5.33. The molecule has 1 N–H and O–H groups in total. The molecule has 0 fully saturated rings. The second-order valence-electron chi connectivity index (χ2n) is 3.11. The third-order valence-electron chi connectivity index (χ3n) is 1.69. The lowest BCUT2D eigenvalue weighted by Gasteiger charge is -2.06. The number of hydrogen-bond donors (Lipinski definition) is 1. The van der Waals surface area contributed by atoms with E-state index in [1.807, 2.05) is 0 Å². The zero-order valence-electron chi connectivity index (χ0n) is 8.81. The number of aliphatic hydroxyl groups is 1. The highest BCUT2D eigenvalue weighted by Gasteiger charge is 2.30. The lowest BCUT2D eigenvalue weighted by molar-refractivity contribution is -0.153. The number of rotatable bonds is 4. The summed E-state index contributed by atoms with van der Waals surface area (Å²) in [5, 5.41) is 15.8. The summed E-state index contributed by atoms with van der Waals surface area (Å²) in [5.74, 6) is -0.980. The number of alkyl halides is 3. The number of aliphatic hydroxyl groups excluding tert-OH is 1. The van der Waals surface area contributed by atoms with Crippen LogP contribution in [0.1, 0.15) is 18.7 Å². The topological polar surface area (TPSA) is 77.2 Å². The molecule has 0 aliphatic heterocycles. The molecule has 1 atom stereocenters. The average molecular weight is 253 g/mol. The van der Waals surface area contributed by atoms with Gasteiger partial charge in [0.05, 0.1) is 12.8 Å². The van der Waals surface area contributed by atoms with E-state index in [-0.39, 0.29) is 12.3 Å². The molecule has 1 aromatic heterocycles. The van der Waals surface area contributed by atoms with E-state index in [2.05, 4.69) is 15.0 Å². The second-order valence-corrected chi connectivity index (χ2v) is 3.11. The summed E-state index contributed by atoms with van der Waals surface area (Å²) in [6, 6.07) is 0. The van der Waals surface area contributed by atoms with Gasteiger partial charge in [-0.05, 0) is 6.92 Å². The van der Waals surface area contributed by atoms with Crippen molar-refractivity contribution >= 4 is 5.97 Å². The van der Waals surface area contributed by atoms with Crippen LogP contribution in [0.5, 0.6) is 0 Å². The van der Waals surface area contributed by atoms with Gasteiger partial charge in [-0.25, -0.2) is 9.48 Å². The number of esters is 1. The molecule has 1 rings (SSSR count). The molecule has 0 bridgehead atoms. The maximum absolute atomic E-state index is 12.0. The van der Waals surface area contributed by atoms with Crippen molar-refractivity contribution in [2.45, 2.75) is 25.7 Å². The van der Waals surface area contributed by atoms with Crippen LogP contribution < -0.4 is 0 Å². The summed E-state index contributed by atoms with van der Waals surface area (Å²) in [5.41, 5.74) is -0.285. The normalized spacial score (nSPS) is 13.5. The standard InChI is InChI=1S/C8H10F3N3O3/c1-2-17-7(16)6(15)5-3-14(13-12-5)4-8(9,10)11/h3,6,15H,2,4H2,1H3. The number of carbonyl (C=O) groups excluding carboxylic acids is 1. The molecule has 96 valence electrons. The minimum absolute atomic E-state index is 0.0482. The van der Waals surface area contributed by atoms with Gasteiger partial charge in [-0.3, -0.25) is 0 Å². The molecule has 6 nitrogen and oxygen atoms in total. The third-order valence-corrected chi connectivity index (χ3v) is 1.69. The van der Waals surface area contributed by atoms with E-state index >= 15 is 0 Å². The number of ether oxygens (including phenoxy) is 1. The van der Waals surface area contributed by atoms with E-state index in [9.17, 15) is 23.1 Å². The van der Waals surface area contributed by atoms with Crippen molar-refractivity contribution < 1.29 is 27.8 Å². The lowest BCUT2D eigenvalue weighted by Crippen LogP contribution is -2.18. The predicted octanol–water partition coefficient (Wildman–Crippen LogP) is 0.437. The van der Waals surface area contributed by atoms with E-state index < -0.39 is 24.8 Å². The fraction of sp³-hybridized carbons (Fsp3) is 0.625. The van der Waals surface area contributed by atoms with Crippen LogP contribution in [0.2, 0.25) is 0 Å². The van der Waals surface area contributed by atoms with Crippen LogP contribution in [0, 0.1) is 0 Å². The van der Waals surface area contributed by atoms with Crippen molar-refractivity contribution in [2.75, 3.05) is 6.61 Å². The molecule has 0 aliphatic rings. The highest BCUT2D eigenvalue weighted by molar-refractivity contribution is 5.75. The van der Waals surface area contributed by atoms with E-state index in [0.29, 0.717) is 4.68 Å². The fourth-order valence-corrected chi connectivity index (χ4v) is 1.04. The smallest absolute Gasteiger partial charge is 0.408 e. The summed E-state index contributed by atoms with van der Waals surface area (Å²) in [4.78, 5) is 11.1. The minimum atomic E-state index is -4.44. The third kappa shape index (κ3) is 4.02. The Bertz CT molecular complexity index is 391. The van der Waals surface area contributed by atoms with Crippen molar-refractivity contribution in [3.63, 3.8) is 0 Å². The molecule has 1 unspecified atom stereocenters. The Morgan fingerprint density at radius 2 is 2.29 bits per heavy atom. The van der Waals surface area contributed by atoms with E-state index in [1.165, 1.54) is 6.92 Å². The lowest BCUT2D eigenvalue weighted by atomic mass is 10.3. The highest BCUT2D eigenvalue weighted by atomic mass is 19.4. The number of halogens is 3. The van der Waals surface area contributed by atoms with Gasteiger partial charge in [0, 0.05) is 0 Å². The van der Waals surface area contributed by atoms with E-state index in [4.69, 9.17) is 0 Å². The molecule has 9 heteroatoms. The maximum atomic E-state index is 12.0. The molecule has 1 heterocycles. The molecule has 0 saturated heterocycles. The molecule has 1 aromatic rings. The Balaban J connectivity index is 2.71. The van der Waals surface area contributed by atoms with E-state index in [0.717, 1.165) is 6.20 Å². The number of aromatic nitrogens is 3. The largest absolute Gasteiger partial charge is 0.464 e. The molecule has 0 spiro atoms. The Labute approximate surface area is 94.0 Å². The summed E-state index contributed by atoms with van der Waals surface area (Å²) in [7, 11) is 0. The van der Waals surface area contributed by atoms with Gasteiger partial charge >= 0.3 is 12.1 Å². The number of nitrogens with zero attached hydrogens (tertiary/aromatic N) is 3.